The highest BCUT2D eigenvalue weighted by molar-refractivity contribution is 8.01. The molecular weight excluding hydrogens is 508 g/mol. The van der Waals surface area contributed by atoms with Crippen LogP contribution >= 0.6 is 11.8 Å². The maximum atomic E-state index is 13.7. The first kappa shape index (κ1) is 25.2. The van der Waals surface area contributed by atoms with Crippen molar-refractivity contribution in [3.05, 3.63) is 95.2 Å². The number of aromatic nitrogens is 1. The standard InChI is InChI=1S/C31H30N4O3S/c1-18-29(22-12-5-8-14-24(22)32-18)31-34(30(37)19(2)39-31)26-15-9-6-11-21(26)25-17-27(35(33-25)20(3)36)23-13-7-10-16-28(23)38-4/h5-16,19,27,31-32H,17H2,1-4H3. The first-order valence-electron chi connectivity index (χ1n) is 13.0. The van der Waals surface area contributed by atoms with Gasteiger partial charge in [0.2, 0.25) is 11.8 Å². The van der Waals surface area contributed by atoms with Gasteiger partial charge in [0.25, 0.3) is 0 Å². The van der Waals surface area contributed by atoms with Crippen molar-refractivity contribution in [2.45, 2.75) is 43.9 Å². The Morgan fingerprint density at radius 2 is 1.77 bits per heavy atom. The lowest BCUT2D eigenvalue weighted by molar-refractivity contribution is -0.130. The van der Waals surface area contributed by atoms with Crippen LogP contribution in [0.2, 0.25) is 0 Å². The molecule has 2 aliphatic heterocycles. The molecule has 8 heteroatoms. The first-order chi connectivity index (χ1) is 18.9. The Morgan fingerprint density at radius 3 is 2.56 bits per heavy atom. The van der Waals surface area contributed by atoms with Crippen molar-refractivity contribution in [3.8, 4) is 5.75 Å². The van der Waals surface area contributed by atoms with Crippen LogP contribution in [0.3, 0.4) is 0 Å². The maximum Gasteiger partial charge on any atom is 0.241 e. The van der Waals surface area contributed by atoms with Crippen molar-refractivity contribution in [2.24, 2.45) is 5.10 Å². The number of H-pyrrole nitrogens is 1. The van der Waals surface area contributed by atoms with Gasteiger partial charge < -0.3 is 9.72 Å². The summed E-state index contributed by atoms with van der Waals surface area (Å²) in [6.07, 6.45) is 0.512. The molecule has 2 amide bonds. The lowest BCUT2D eigenvalue weighted by Crippen LogP contribution is -2.31. The molecule has 2 aliphatic rings. The number of fused-ring (bicyclic) bond motifs is 1. The quantitative estimate of drug-likeness (QED) is 0.321. The van der Waals surface area contributed by atoms with Gasteiger partial charge in [-0.05, 0) is 32.0 Å². The van der Waals surface area contributed by atoms with Crippen LogP contribution in [0.5, 0.6) is 5.75 Å². The third kappa shape index (κ3) is 4.19. The Morgan fingerprint density at radius 1 is 1.05 bits per heavy atom. The average molecular weight is 539 g/mol. The average Bonchev–Trinajstić information content (AvgIpc) is 3.61. The number of para-hydroxylation sites is 3. The Hall–Kier alpha value is -4.04. The molecule has 3 heterocycles. The van der Waals surface area contributed by atoms with E-state index in [1.54, 1.807) is 18.9 Å². The molecule has 0 saturated carbocycles. The molecule has 0 spiro atoms. The van der Waals surface area contributed by atoms with Gasteiger partial charge in [0.1, 0.15) is 11.1 Å². The summed E-state index contributed by atoms with van der Waals surface area (Å²) in [5.74, 6) is 0.630. The zero-order valence-corrected chi connectivity index (χ0v) is 23.2. The number of hydrazone groups is 1. The number of hydrogen-bond acceptors (Lipinski definition) is 5. The second-order valence-corrected chi connectivity index (χ2v) is 11.4. The van der Waals surface area contributed by atoms with E-state index < -0.39 is 0 Å². The van der Waals surface area contributed by atoms with Gasteiger partial charge in [-0.1, -0.05) is 54.6 Å². The van der Waals surface area contributed by atoms with Crippen LogP contribution in [0.4, 0.5) is 5.69 Å². The number of rotatable bonds is 5. The summed E-state index contributed by atoms with van der Waals surface area (Å²) in [6.45, 7) is 5.56. The number of nitrogens with zero attached hydrogens (tertiary/aromatic N) is 3. The van der Waals surface area contributed by atoms with Gasteiger partial charge in [-0.15, -0.1) is 11.8 Å². The Kier molecular flexibility index (Phi) is 6.43. The fourth-order valence-corrected chi connectivity index (χ4v) is 7.15. The van der Waals surface area contributed by atoms with Gasteiger partial charge in [-0.3, -0.25) is 14.5 Å². The summed E-state index contributed by atoms with van der Waals surface area (Å²) < 4.78 is 5.61. The summed E-state index contributed by atoms with van der Waals surface area (Å²) in [5, 5.41) is 7.08. The molecule has 3 aromatic carbocycles. The number of carbonyl (C=O) groups excluding carboxylic acids is 2. The fraction of sp³-hybridized carbons (Fsp3) is 0.258. The lowest BCUT2D eigenvalue weighted by Gasteiger charge is -2.27. The van der Waals surface area contributed by atoms with Crippen LogP contribution in [0.15, 0.2) is 77.9 Å². The number of methoxy groups -OCH3 is 1. The highest BCUT2D eigenvalue weighted by atomic mass is 32.2. The predicted octanol–water partition coefficient (Wildman–Crippen LogP) is 6.35. The minimum Gasteiger partial charge on any atom is -0.496 e. The monoisotopic (exact) mass is 538 g/mol. The van der Waals surface area contributed by atoms with E-state index in [1.807, 2.05) is 72.5 Å². The van der Waals surface area contributed by atoms with Gasteiger partial charge >= 0.3 is 0 Å². The van der Waals surface area contributed by atoms with Gasteiger partial charge in [0.15, 0.2) is 0 Å². The molecule has 7 nitrogen and oxygen atoms in total. The maximum absolute atomic E-state index is 13.7. The highest BCUT2D eigenvalue weighted by Crippen LogP contribution is 2.50. The fourth-order valence-electron chi connectivity index (χ4n) is 5.76. The van der Waals surface area contributed by atoms with E-state index in [-0.39, 0.29) is 28.5 Å². The van der Waals surface area contributed by atoms with Crippen molar-refractivity contribution in [1.82, 2.24) is 9.99 Å². The van der Waals surface area contributed by atoms with E-state index in [2.05, 4.69) is 24.0 Å². The minimum atomic E-state index is -0.295. The van der Waals surface area contributed by atoms with Crippen LogP contribution in [0, 0.1) is 6.92 Å². The van der Waals surface area contributed by atoms with E-state index >= 15 is 0 Å². The second-order valence-electron chi connectivity index (χ2n) is 9.94. The molecule has 39 heavy (non-hydrogen) atoms. The Bertz CT molecular complexity index is 1630. The van der Waals surface area contributed by atoms with Crippen LogP contribution < -0.4 is 9.64 Å². The van der Waals surface area contributed by atoms with Crippen molar-refractivity contribution in [2.75, 3.05) is 12.0 Å². The molecular formula is C31H30N4O3S. The van der Waals surface area contributed by atoms with E-state index in [1.165, 1.54) is 11.9 Å². The second kappa shape index (κ2) is 9.93. The number of amides is 2. The van der Waals surface area contributed by atoms with E-state index in [9.17, 15) is 9.59 Å². The summed E-state index contributed by atoms with van der Waals surface area (Å²) in [4.78, 5) is 31.9. The van der Waals surface area contributed by atoms with E-state index in [4.69, 9.17) is 9.84 Å². The smallest absolute Gasteiger partial charge is 0.241 e. The van der Waals surface area contributed by atoms with E-state index in [0.717, 1.165) is 44.7 Å². The number of thioether (sulfide) groups is 1. The van der Waals surface area contributed by atoms with Crippen molar-refractivity contribution in [3.63, 3.8) is 0 Å². The van der Waals surface area contributed by atoms with E-state index in [0.29, 0.717) is 12.2 Å². The molecule has 1 saturated heterocycles. The largest absolute Gasteiger partial charge is 0.496 e. The van der Waals surface area contributed by atoms with Gasteiger partial charge in [0.05, 0.1) is 29.8 Å². The number of anilines is 1. The predicted molar refractivity (Wildman–Crippen MR) is 156 cm³/mol. The SMILES string of the molecule is COc1ccccc1C1CC(c2ccccc2N2C(=O)C(C)SC2c2c(C)[nH]c3ccccc23)=NN1C(C)=O. The molecule has 3 unspecified atom stereocenters. The zero-order valence-electron chi connectivity index (χ0n) is 22.3. The van der Waals surface area contributed by atoms with Crippen LogP contribution in [0.25, 0.3) is 10.9 Å². The molecule has 3 atom stereocenters. The lowest BCUT2D eigenvalue weighted by atomic mass is 9.96. The molecule has 1 N–H and O–H groups in total. The molecule has 1 aromatic heterocycles. The molecule has 4 aromatic rings. The number of aromatic amines is 1. The molecule has 0 aliphatic carbocycles. The number of aryl methyl sites for hydroxylation is 1. The van der Waals surface area contributed by atoms with Crippen LogP contribution in [-0.2, 0) is 9.59 Å². The number of hydrogen-bond donors (Lipinski definition) is 1. The summed E-state index contributed by atoms with van der Waals surface area (Å²) in [6, 6.07) is 23.5. The first-order valence-corrected chi connectivity index (χ1v) is 14.0. The number of ether oxygens (including phenoxy) is 1. The topological polar surface area (TPSA) is 78.0 Å². The molecule has 6 rings (SSSR count). The van der Waals surface area contributed by atoms with Crippen molar-refractivity contribution in [1.29, 1.82) is 0 Å². The third-order valence-corrected chi connectivity index (χ3v) is 8.86. The minimum absolute atomic E-state index is 0.0606. The summed E-state index contributed by atoms with van der Waals surface area (Å²) in [7, 11) is 1.63. The van der Waals surface area contributed by atoms with Crippen LogP contribution in [0.1, 0.15) is 54.1 Å². The molecule has 0 bridgehead atoms. The van der Waals surface area contributed by atoms with Gasteiger partial charge in [-0.2, -0.15) is 5.10 Å². The number of nitrogens with one attached hydrogen (secondary N) is 1. The van der Waals surface area contributed by atoms with Crippen LogP contribution in [-0.4, -0.2) is 39.9 Å². The zero-order chi connectivity index (χ0) is 27.3. The number of benzene rings is 3. The highest BCUT2D eigenvalue weighted by Gasteiger charge is 2.43. The summed E-state index contributed by atoms with van der Waals surface area (Å²) >= 11 is 1.66. The Balaban J connectivity index is 1.45. The normalized spacial score (nSPS) is 21.1. The van der Waals surface area contributed by atoms with Gasteiger partial charge in [-0.25, -0.2) is 5.01 Å². The third-order valence-electron chi connectivity index (χ3n) is 7.55. The Labute approximate surface area is 231 Å². The number of carbonyl (C=O) groups is 2. The summed E-state index contributed by atoms with van der Waals surface area (Å²) in [5.41, 5.74) is 6.55. The molecule has 0 radical (unpaired) electrons. The molecule has 1 fully saturated rings. The molecule has 198 valence electrons. The van der Waals surface area contributed by atoms with Crippen molar-refractivity contribution >= 4 is 45.9 Å². The van der Waals surface area contributed by atoms with Gasteiger partial charge in [0, 0.05) is 46.6 Å². The van der Waals surface area contributed by atoms with Crippen molar-refractivity contribution < 1.29 is 14.3 Å².